The normalized spacial score (nSPS) is 10.7. The molecule has 0 fully saturated rings. The average Bonchev–Trinajstić information content (AvgIpc) is 3.30. The van der Waals surface area contributed by atoms with Gasteiger partial charge in [-0.2, -0.15) is 4.98 Å². The Kier molecular flexibility index (Phi) is 8.31. The third-order valence-electron chi connectivity index (χ3n) is 5.59. The van der Waals surface area contributed by atoms with E-state index in [9.17, 15) is 4.79 Å². The van der Waals surface area contributed by atoms with Crippen molar-refractivity contribution < 1.29 is 28.5 Å². The molecule has 0 saturated heterocycles. The van der Waals surface area contributed by atoms with Crippen LogP contribution in [0, 0.1) is 6.92 Å². The van der Waals surface area contributed by atoms with Gasteiger partial charge in [0.1, 0.15) is 10.7 Å². The minimum absolute atomic E-state index is 0.285. The number of hydrogen-bond donors (Lipinski definition) is 2. The van der Waals surface area contributed by atoms with Crippen molar-refractivity contribution in [3.8, 4) is 23.0 Å². The number of esters is 1. The third kappa shape index (κ3) is 5.65. The van der Waals surface area contributed by atoms with E-state index < -0.39 is 5.97 Å². The molecule has 200 valence electrons. The van der Waals surface area contributed by atoms with Gasteiger partial charge in [0.2, 0.25) is 5.95 Å². The van der Waals surface area contributed by atoms with Crippen LogP contribution in [-0.4, -0.2) is 56.0 Å². The number of ether oxygens (including phenoxy) is 5. The van der Waals surface area contributed by atoms with Crippen molar-refractivity contribution in [3.63, 3.8) is 0 Å². The topological polar surface area (TPSA) is 126 Å². The van der Waals surface area contributed by atoms with Crippen LogP contribution in [0.25, 0.3) is 10.9 Å². The zero-order chi connectivity index (χ0) is 27.2. The number of hydrogen-bond acceptors (Lipinski definition) is 12. The Morgan fingerprint density at radius 1 is 0.895 bits per heavy atom. The zero-order valence-electron chi connectivity index (χ0n) is 22.0. The Morgan fingerprint density at radius 2 is 1.58 bits per heavy atom. The molecule has 2 heterocycles. The third-order valence-corrected chi connectivity index (χ3v) is 6.64. The number of rotatable bonds is 11. The van der Waals surface area contributed by atoms with Crippen LogP contribution < -0.4 is 29.6 Å². The predicted molar refractivity (Wildman–Crippen MR) is 146 cm³/mol. The van der Waals surface area contributed by atoms with E-state index in [1.165, 1.54) is 11.3 Å². The van der Waals surface area contributed by atoms with Crippen molar-refractivity contribution >= 4 is 45.1 Å². The lowest BCUT2D eigenvalue weighted by Gasteiger charge is -2.15. The van der Waals surface area contributed by atoms with Crippen LogP contribution in [0.4, 0.5) is 16.9 Å². The number of carbonyl (C=O) groups excluding carboxylic acids is 1. The van der Waals surface area contributed by atoms with E-state index in [0.29, 0.717) is 62.5 Å². The highest BCUT2D eigenvalue weighted by atomic mass is 32.1. The summed E-state index contributed by atoms with van der Waals surface area (Å²) in [4.78, 5) is 26.5. The molecule has 0 saturated carbocycles. The van der Waals surface area contributed by atoms with Crippen LogP contribution in [0.2, 0.25) is 0 Å². The molecule has 2 aromatic heterocycles. The molecule has 0 aliphatic rings. The lowest BCUT2D eigenvalue weighted by molar-refractivity contribution is 0.0531. The summed E-state index contributed by atoms with van der Waals surface area (Å²) >= 11 is 1.18. The average molecular weight is 540 g/mol. The first kappa shape index (κ1) is 26.7. The molecule has 4 rings (SSSR count). The Bertz CT molecular complexity index is 1460. The van der Waals surface area contributed by atoms with Gasteiger partial charge in [-0.15, -0.1) is 0 Å². The van der Waals surface area contributed by atoms with E-state index in [-0.39, 0.29) is 6.61 Å². The van der Waals surface area contributed by atoms with E-state index in [1.807, 2.05) is 24.3 Å². The summed E-state index contributed by atoms with van der Waals surface area (Å²) in [6.45, 7) is 4.25. The number of anilines is 3. The molecule has 0 spiro atoms. The molecular weight excluding hydrogens is 510 g/mol. The second kappa shape index (κ2) is 11.8. The maximum Gasteiger partial charge on any atom is 0.350 e. The molecule has 11 nitrogen and oxygen atoms in total. The van der Waals surface area contributed by atoms with Crippen molar-refractivity contribution in [1.29, 1.82) is 0 Å². The molecule has 2 aromatic carbocycles. The van der Waals surface area contributed by atoms with Crippen molar-refractivity contribution in [2.45, 2.75) is 20.4 Å². The minimum atomic E-state index is -0.413. The minimum Gasteiger partial charge on any atom is -0.493 e. The number of thiazole rings is 1. The van der Waals surface area contributed by atoms with Crippen LogP contribution in [0.1, 0.15) is 27.9 Å². The first-order chi connectivity index (χ1) is 18.4. The van der Waals surface area contributed by atoms with Gasteiger partial charge in [-0.1, -0.05) is 17.4 Å². The molecule has 0 bridgehead atoms. The molecular formula is C26H29N5O6S. The second-order valence-corrected chi connectivity index (χ2v) is 8.94. The molecule has 2 N–H and O–H groups in total. The molecule has 4 aromatic rings. The van der Waals surface area contributed by atoms with Gasteiger partial charge >= 0.3 is 5.97 Å². The van der Waals surface area contributed by atoms with E-state index in [1.54, 1.807) is 48.4 Å². The SMILES string of the molecule is CCOC(=O)c1sc(Nc2nc(NCc3ccc(OC)c(OC)c3)c3cc(OC)c(OC)cc3n2)nc1C. The highest BCUT2D eigenvalue weighted by molar-refractivity contribution is 7.17. The maximum absolute atomic E-state index is 12.2. The van der Waals surface area contributed by atoms with Gasteiger partial charge in [-0.05, 0) is 37.6 Å². The van der Waals surface area contributed by atoms with Gasteiger partial charge in [0, 0.05) is 18.0 Å². The first-order valence-electron chi connectivity index (χ1n) is 11.7. The number of aryl methyl sites for hydroxylation is 1. The molecule has 0 atom stereocenters. The Balaban J connectivity index is 1.71. The number of methoxy groups -OCH3 is 4. The molecule has 0 aliphatic carbocycles. The monoisotopic (exact) mass is 539 g/mol. The van der Waals surface area contributed by atoms with E-state index in [0.717, 1.165) is 10.9 Å². The lowest BCUT2D eigenvalue weighted by atomic mass is 10.1. The smallest absolute Gasteiger partial charge is 0.350 e. The van der Waals surface area contributed by atoms with Gasteiger partial charge in [0.15, 0.2) is 28.1 Å². The van der Waals surface area contributed by atoms with Crippen LogP contribution in [-0.2, 0) is 11.3 Å². The number of benzene rings is 2. The summed E-state index contributed by atoms with van der Waals surface area (Å²) in [5.41, 5.74) is 2.14. The first-order valence-corrected chi connectivity index (χ1v) is 12.5. The number of carbonyl (C=O) groups is 1. The summed E-state index contributed by atoms with van der Waals surface area (Å²) in [5.74, 6) is 2.80. The van der Waals surface area contributed by atoms with Gasteiger partial charge < -0.3 is 29.0 Å². The molecule has 0 unspecified atom stereocenters. The van der Waals surface area contributed by atoms with Gasteiger partial charge in [-0.25, -0.2) is 14.8 Å². The summed E-state index contributed by atoms with van der Waals surface area (Å²) in [6, 6.07) is 9.28. The van der Waals surface area contributed by atoms with E-state index >= 15 is 0 Å². The van der Waals surface area contributed by atoms with Crippen molar-refractivity contribution in [2.24, 2.45) is 0 Å². The van der Waals surface area contributed by atoms with Crippen LogP contribution in [0.5, 0.6) is 23.0 Å². The number of nitrogens with zero attached hydrogens (tertiary/aromatic N) is 3. The highest BCUT2D eigenvalue weighted by Crippen LogP contribution is 2.36. The molecule has 0 aliphatic heterocycles. The molecule has 0 radical (unpaired) electrons. The van der Waals surface area contributed by atoms with Crippen molar-refractivity contribution in [1.82, 2.24) is 15.0 Å². The van der Waals surface area contributed by atoms with Crippen molar-refractivity contribution in [3.05, 3.63) is 46.5 Å². The molecule has 12 heteroatoms. The second-order valence-electron chi connectivity index (χ2n) is 7.94. The fraction of sp³-hybridized carbons (Fsp3) is 0.308. The number of nitrogens with one attached hydrogen (secondary N) is 2. The van der Waals surface area contributed by atoms with E-state index in [2.05, 4.69) is 20.6 Å². The maximum atomic E-state index is 12.2. The largest absolute Gasteiger partial charge is 0.493 e. The van der Waals surface area contributed by atoms with Crippen LogP contribution >= 0.6 is 11.3 Å². The standard InChI is InChI=1S/C26H29N5O6S/c1-7-37-24(32)22-14(2)28-26(38-22)31-25-29-17-12-21(36-6)20(35-5)11-16(17)23(30-25)27-13-15-8-9-18(33-3)19(10-15)34-4/h8-12H,7,13H2,1-6H3,(H2,27,28,29,30,31). The van der Waals surface area contributed by atoms with Gasteiger partial charge in [0.05, 0.1) is 46.3 Å². The van der Waals surface area contributed by atoms with Crippen LogP contribution in [0.3, 0.4) is 0 Å². The summed E-state index contributed by atoms with van der Waals surface area (Å²) in [7, 11) is 6.33. The number of fused-ring (bicyclic) bond motifs is 1. The fourth-order valence-corrected chi connectivity index (χ4v) is 4.61. The Hall–Kier alpha value is -4.32. The summed E-state index contributed by atoms with van der Waals surface area (Å²) in [6.07, 6.45) is 0. The molecule has 0 amide bonds. The van der Waals surface area contributed by atoms with Gasteiger partial charge in [0.25, 0.3) is 0 Å². The lowest BCUT2D eigenvalue weighted by Crippen LogP contribution is -2.06. The Morgan fingerprint density at radius 3 is 2.26 bits per heavy atom. The van der Waals surface area contributed by atoms with Gasteiger partial charge in [-0.3, -0.25) is 5.32 Å². The zero-order valence-corrected chi connectivity index (χ0v) is 22.8. The number of aromatic nitrogens is 3. The fourth-order valence-electron chi connectivity index (χ4n) is 3.75. The molecule has 38 heavy (non-hydrogen) atoms. The van der Waals surface area contributed by atoms with Crippen LogP contribution in [0.15, 0.2) is 30.3 Å². The summed E-state index contributed by atoms with van der Waals surface area (Å²) in [5, 5.41) is 7.71. The predicted octanol–water partition coefficient (Wildman–Crippen LogP) is 4.96. The van der Waals surface area contributed by atoms with Crippen molar-refractivity contribution in [2.75, 3.05) is 45.7 Å². The highest BCUT2D eigenvalue weighted by Gasteiger charge is 2.19. The summed E-state index contributed by atoms with van der Waals surface area (Å²) < 4.78 is 26.9. The Labute approximate surface area is 224 Å². The van der Waals surface area contributed by atoms with E-state index in [4.69, 9.17) is 28.7 Å². The quantitative estimate of drug-likeness (QED) is 0.251.